The molecule has 2 amide bonds. The molecule has 0 heterocycles. The average molecular weight is 371 g/mol. The quantitative estimate of drug-likeness (QED) is 0.405. The Morgan fingerprint density at radius 1 is 0.885 bits per heavy atom. The van der Waals surface area contributed by atoms with Crippen LogP contribution in [0.4, 0.5) is 0 Å². The van der Waals surface area contributed by atoms with Crippen LogP contribution in [-0.2, 0) is 6.42 Å². The van der Waals surface area contributed by atoms with Gasteiger partial charge in [-0.3, -0.25) is 20.4 Å². The highest BCUT2D eigenvalue weighted by Crippen LogP contribution is 2.21. The third-order valence-corrected chi connectivity index (χ3v) is 4.96. The highest BCUT2D eigenvalue weighted by atomic mass is 32.2. The molecule has 0 aromatic heterocycles. The summed E-state index contributed by atoms with van der Waals surface area (Å²) < 4.78 is 0. The van der Waals surface area contributed by atoms with Gasteiger partial charge in [-0.25, -0.2) is 0 Å². The van der Waals surface area contributed by atoms with Gasteiger partial charge in [-0.1, -0.05) is 51.0 Å². The van der Waals surface area contributed by atoms with Crippen molar-refractivity contribution in [1.82, 2.24) is 10.9 Å². The molecule has 0 bridgehead atoms. The Labute approximate surface area is 159 Å². The zero-order valence-electron chi connectivity index (χ0n) is 15.4. The summed E-state index contributed by atoms with van der Waals surface area (Å²) in [5, 5.41) is 0. The van der Waals surface area contributed by atoms with Gasteiger partial charge in [-0.05, 0) is 48.4 Å². The molecule has 2 rings (SSSR count). The van der Waals surface area contributed by atoms with Crippen molar-refractivity contribution in [3.63, 3.8) is 0 Å². The lowest BCUT2D eigenvalue weighted by molar-refractivity contribution is 0.0845. The number of benzene rings is 2. The highest BCUT2D eigenvalue weighted by Gasteiger charge is 2.12. The fraction of sp³-hybridized carbons (Fsp3) is 0.333. The maximum atomic E-state index is 12.3. The number of amides is 2. The van der Waals surface area contributed by atoms with Crippen molar-refractivity contribution in [2.24, 2.45) is 0 Å². The number of hydrogen-bond donors (Lipinski definition) is 2. The van der Waals surface area contributed by atoms with Crippen LogP contribution in [0, 0.1) is 0 Å². The van der Waals surface area contributed by atoms with Crippen molar-refractivity contribution in [2.45, 2.75) is 44.4 Å². The molecule has 0 aliphatic rings. The minimum Gasteiger partial charge on any atom is -0.267 e. The summed E-state index contributed by atoms with van der Waals surface area (Å²) >= 11 is 1.60. The van der Waals surface area contributed by atoms with Gasteiger partial charge in [0, 0.05) is 10.5 Å². The molecule has 2 N–H and O–H groups in total. The molecule has 2 aromatic rings. The standard InChI is InChI=1S/C21H26N2O2S/c1-3-5-6-9-16-12-14-17(15-13-16)20(24)22-23-21(25)18-10-7-8-11-19(18)26-4-2/h7-8,10-15H,3-6,9H2,1-2H3,(H,22,24)(H,23,25). The zero-order chi connectivity index (χ0) is 18.8. The van der Waals surface area contributed by atoms with Crippen LogP contribution in [0.3, 0.4) is 0 Å². The Morgan fingerprint density at radius 2 is 1.58 bits per heavy atom. The molecule has 5 heteroatoms. The number of hydrogen-bond acceptors (Lipinski definition) is 3. The van der Waals surface area contributed by atoms with E-state index in [4.69, 9.17) is 0 Å². The molecular formula is C21H26N2O2S. The molecule has 0 fully saturated rings. The highest BCUT2D eigenvalue weighted by molar-refractivity contribution is 7.99. The fourth-order valence-electron chi connectivity index (χ4n) is 2.59. The molecule has 2 aromatic carbocycles. The van der Waals surface area contributed by atoms with Crippen LogP contribution in [0.1, 0.15) is 59.4 Å². The number of aryl methyl sites for hydroxylation is 1. The summed E-state index contributed by atoms with van der Waals surface area (Å²) in [6, 6.07) is 14.9. The molecule has 0 spiro atoms. The maximum absolute atomic E-state index is 12.3. The van der Waals surface area contributed by atoms with E-state index in [-0.39, 0.29) is 11.8 Å². The molecule has 0 radical (unpaired) electrons. The Bertz CT molecular complexity index is 729. The Kier molecular flexibility index (Phi) is 8.22. The minimum atomic E-state index is -0.320. The van der Waals surface area contributed by atoms with Crippen molar-refractivity contribution in [1.29, 1.82) is 0 Å². The van der Waals surface area contributed by atoms with Gasteiger partial charge in [0.05, 0.1) is 5.56 Å². The van der Waals surface area contributed by atoms with Crippen molar-refractivity contribution >= 4 is 23.6 Å². The number of thioether (sulfide) groups is 1. The second kappa shape index (κ2) is 10.7. The third-order valence-electron chi connectivity index (χ3n) is 4.01. The number of carbonyl (C=O) groups excluding carboxylic acids is 2. The monoisotopic (exact) mass is 370 g/mol. The van der Waals surface area contributed by atoms with Crippen LogP contribution in [0.15, 0.2) is 53.4 Å². The molecule has 4 nitrogen and oxygen atoms in total. The molecule has 0 unspecified atom stereocenters. The van der Waals surface area contributed by atoms with E-state index in [2.05, 4.69) is 17.8 Å². The van der Waals surface area contributed by atoms with Crippen LogP contribution in [0.5, 0.6) is 0 Å². The van der Waals surface area contributed by atoms with E-state index < -0.39 is 0 Å². The average Bonchev–Trinajstić information content (AvgIpc) is 2.67. The van der Waals surface area contributed by atoms with Gasteiger partial charge in [0.15, 0.2) is 0 Å². The number of carbonyl (C=O) groups is 2. The van der Waals surface area contributed by atoms with Crippen molar-refractivity contribution in [3.05, 3.63) is 65.2 Å². The van der Waals surface area contributed by atoms with E-state index in [0.717, 1.165) is 23.5 Å². The number of hydrazine groups is 1. The molecule has 0 aliphatic carbocycles. The van der Waals surface area contributed by atoms with Gasteiger partial charge in [-0.2, -0.15) is 0 Å². The van der Waals surface area contributed by atoms with E-state index in [0.29, 0.717) is 11.1 Å². The smallest absolute Gasteiger partial charge is 0.267 e. The predicted molar refractivity (Wildman–Crippen MR) is 107 cm³/mol. The second-order valence-corrected chi connectivity index (χ2v) is 7.30. The Balaban J connectivity index is 1.91. The first-order valence-electron chi connectivity index (χ1n) is 9.07. The molecule has 26 heavy (non-hydrogen) atoms. The third kappa shape index (κ3) is 5.92. The Hall–Kier alpha value is -2.27. The van der Waals surface area contributed by atoms with E-state index in [1.807, 2.05) is 37.3 Å². The van der Waals surface area contributed by atoms with Crippen molar-refractivity contribution in [2.75, 3.05) is 5.75 Å². The van der Waals surface area contributed by atoms with Crippen LogP contribution in [-0.4, -0.2) is 17.6 Å². The SMILES string of the molecule is CCCCCc1ccc(C(=O)NNC(=O)c2ccccc2SCC)cc1. The van der Waals surface area contributed by atoms with Crippen molar-refractivity contribution in [3.8, 4) is 0 Å². The van der Waals surface area contributed by atoms with E-state index in [9.17, 15) is 9.59 Å². The first kappa shape index (κ1) is 20.0. The summed E-state index contributed by atoms with van der Waals surface area (Å²) in [5.74, 6) is 0.242. The maximum Gasteiger partial charge on any atom is 0.270 e. The van der Waals surface area contributed by atoms with Crippen LogP contribution < -0.4 is 10.9 Å². The van der Waals surface area contributed by atoms with Gasteiger partial charge < -0.3 is 0 Å². The predicted octanol–water partition coefficient (Wildman–Crippen LogP) is 4.61. The van der Waals surface area contributed by atoms with Crippen LogP contribution in [0.2, 0.25) is 0 Å². The molecule has 0 saturated carbocycles. The number of rotatable bonds is 8. The fourth-order valence-corrected chi connectivity index (χ4v) is 3.39. The van der Waals surface area contributed by atoms with Gasteiger partial charge in [0.25, 0.3) is 11.8 Å². The summed E-state index contributed by atoms with van der Waals surface area (Å²) in [6.45, 7) is 4.22. The summed E-state index contributed by atoms with van der Waals surface area (Å²) in [6.07, 6.45) is 4.60. The van der Waals surface area contributed by atoms with Crippen LogP contribution >= 0.6 is 11.8 Å². The lowest BCUT2D eigenvalue weighted by Gasteiger charge is -2.10. The summed E-state index contributed by atoms with van der Waals surface area (Å²) in [4.78, 5) is 25.5. The van der Waals surface area contributed by atoms with Gasteiger partial charge in [0.2, 0.25) is 0 Å². The number of nitrogens with one attached hydrogen (secondary N) is 2. The van der Waals surface area contributed by atoms with Crippen LogP contribution in [0.25, 0.3) is 0 Å². The molecule has 0 saturated heterocycles. The zero-order valence-corrected chi connectivity index (χ0v) is 16.2. The molecular weight excluding hydrogens is 344 g/mol. The van der Waals surface area contributed by atoms with Crippen molar-refractivity contribution < 1.29 is 9.59 Å². The molecule has 138 valence electrons. The van der Waals surface area contributed by atoms with Gasteiger partial charge in [0.1, 0.15) is 0 Å². The van der Waals surface area contributed by atoms with E-state index >= 15 is 0 Å². The topological polar surface area (TPSA) is 58.2 Å². The van der Waals surface area contributed by atoms with Gasteiger partial charge >= 0.3 is 0 Å². The van der Waals surface area contributed by atoms with E-state index in [1.54, 1.807) is 30.0 Å². The molecule has 0 atom stereocenters. The lowest BCUT2D eigenvalue weighted by Crippen LogP contribution is -2.41. The minimum absolute atomic E-state index is 0.314. The van der Waals surface area contributed by atoms with Gasteiger partial charge in [-0.15, -0.1) is 11.8 Å². The second-order valence-electron chi connectivity index (χ2n) is 5.99. The summed E-state index contributed by atoms with van der Waals surface area (Å²) in [5.41, 5.74) is 7.31. The number of unbranched alkanes of at least 4 members (excludes halogenated alkanes) is 2. The normalized spacial score (nSPS) is 10.4. The summed E-state index contributed by atoms with van der Waals surface area (Å²) in [7, 11) is 0. The Morgan fingerprint density at radius 3 is 2.27 bits per heavy atom. The van der Waals surface area contributed by atoms with E-state index in [1.165, 1.54) is 18.4 Å². The first-order valence-corrected chi connectivity index (χ1v) is 10.1. The first-order chi connectivity index (χ1) is 12.7. The molecule has 0 aliphatic heterocycles. The lowest BCUT2D eigenvalue weighted by atomic mass is 10.1. The largest absolute Gasteiger partial charge is 0.270 e.